The molecule has 1 saturated heterocycles. The van der Waals surface area contributed by atoms with Crippen LogP contribution in [0.1, 0.15) is 38.5 Å². The van der Waals surface area contributed by atoms with E-state index < -0.39 is 0 Å². The van der Waals surface area contributed by atoms with Gasteiger partial charge >= 0.3 is 6.09 Å². The zero-order valence-corrected chi connectivity index (χ0v) is 9.13. The highest BCUT2D eigenvalue weighted by atomic mass is 16.6. The predicted octanol–water partition coefficient (Wildman–Crippen LogP) is 1.41. The van der Waals surface area contributed by atoms with E-state index in [-0.39, 0.29) is 12.2 Å². The second kappa shape index (κ2) is 5.35. The minimum Gasteiger partial charge on any atom is -0.446 e. The van der Waals surface area contributed by atoms with Gasteiger partial charge in [0.25, 0.3) is 0 Å². The molecule has 1 saturated carbocycles. The van der Waals surface area contributed by atoms with Gasteiger partial charge in [0.15, 0.2) is 0 Å². The molecule has 15 heavy (non-hydrogen) atoms. The van der Waals surface area contributed by atoms with Crippen LogP contribution in [0.5, 0.6) is 0 Å². The average Bonchev–Trinajstić information content (AvgIpc) is 2.71. The van der Waals surface area contributed by atoms with Gasteiger partial charge in [-0.05, 0) is 38.8 Å². The van der Waals surface area contributed by atoms with Gasteiger partial charge in [0, 0.05) is 6.04 Å². The van der Waals surface area contributed by atoms with Gasteiger partial charge in [-0.2, -0.15) is 0 Å². The maximum Gasteiger partial charge on any atom is 0.407 e. The standard InChI is InChI=1S/C11H20N2O2/c14-11(13-9-3-1-2-4-9)15-10-5-7-12-8-6-10/h9-10,12H,1-8H2,(H,13,14). The van der Waals surface area contributed by atoms with Crippen LogP contribution in [-0.2, 0) is 4.74 Å². The van der Waals surface area contributed by atoms with Crippen molar-refractivity contribution >= 4 is 6.09 Å². The van der Waals surface area contributed by atoms with Gasteiger partial charge in [0.05, 0.1) is 0 Å². The van der Waals surface area contributed by atoms with Gasteiger partial charge in [0.1, 0.15) is 6.10 Å². The molecule has 86 valence electrons. The van der Waals surface area contributed by atoms with Crippen LogP contribution in [0.15, 0.2) is 0 Å². The summed E-state index contributed by atoms with van der Waals surface area (Å²) in [4.78, 5) is 11.5. The summed E-state index contributed by atoms with van der Waals surface area (Å²) in [7, 11) is 0. The summed E-state index contributed by atoms with van der Waals surface area (Å²) < 4.78 is 5.36. The Labute approximate surface area is 90.8 Å². The molecule has 0 radical (unpaired) electrons. The van der Waals surface area contributed by atoms with E-state index in [1.807, 2.05) is 0 Å². The predicted molar refractivity (Wildman–Crippen MR) is 57.8 cm³/mol. The molecule has 0 aromatic rings. The third-order valence-electron chi connectivity index (χ3n) is 3.24. The van der Waals surface area contributed by atoms with Crippen LogP contribution in [0.3, 0.4) is 0 Å². The largest absolute Gasteiger partial charge is 0.446 e. The first-order valence-electron chi connectivity index (χ1n) is 6.02. The van der Waals surface area contributed by atoms with Gasteiger partial charge in [0.2, 0.25) is 0 Å². The molecule has 1 aliphatic heterocycles. The molecule has 2 N–H and O–H groups in total. The Morgan fingerprint density at radius 2 is 1.80 bits per heavy atom. The Balaban J connectivity index is 1.66. The highest BCUT2D eigenvalue weighted by Crippen LogP contribution is 2.18. The molecule has 0 atom stereocenters. The van der Waals surface area contributed by atoms with Gasteiger partial charge in [-0.3, -0.25) is 0 Å². The van der Waals surface area contributed by atoms with Crippen molar-refractivity contribution < 1.29 is 9.53 Å². The van der Waals surface area contributed by atoms with Crippen LogP contribution < -0.4 is 10.6 Å². The van der Waals surface area contributed by atoms with Crippen LogP contribution in [0.4, 0.5) is 4.79 Å². The molecular weight excluding hydrogens is 192 g/mol. The maximum atomic E-state index is 11.5. The number of nitrogens with one attached hydrogen (secondary N) is 2. The molecule has 0 spiro atoms. The van der Waals surface area contributed by atoms with E-state index in [1.165, 1.54) is 12.8 Å². The van der Waals surface area contributed by atoms with Gasteiger partial charge in [-0.25, -0.2) is 4.79 Å². The summed E-state index contributed by atoms with van der Waals surface area (Å²) in [6.07, 6.45) is 6.48. The topological polar surface area (TPSA) is 50.4 Å². The molecule has 4 heteroatoms. The minimum absolute atomic E-state index is 0.118. The summed E-state index contributed by atoms with van der Waals surface area (Å²) >= 11 is 0. The summed E-state index contributed by atoms with van der Waals surface area (Å²) in [5.74, 6) is 0. The molecule has 0 aromatic carbocycles. The van der Waals surface area contributed by atoms with Crippen molar-refractivity contribution in [2.45, 2.75) is 50.7 Å². The first-order valence-corrected chi connectivity index (χ1v) is 6.02. The van der Waals surface area contributed by atoms with Crippen molar-refractivity contribution in [2.75, 3.05) is 13.1 Å². The molecular formula is C11H20N2O2. The van der Waals surface area contributed by atoms with E-state index in [0.717, 1.165) is 38.8 Å². The summed E-state index contributed by atoms with van der Waals surface area (Å²) in [6, 6.07) is 0.360. The second-order valence-electron chi connectivity index (χ2n) is 4.48. The second-order valence-corrected chi connectivity index (χ2v) is 4.48. The number of amides is 1. The molecule has 2 rings (SSSR count). The normalized spacial score (nSPS) is 24.0. The van der Waals surface area contributed by atoms with Crippen molar-refractivity contribution in [1.29, 1.82) is 0 Å². The maximum absolute atomic E-state index is 11.5. The SMILES string of the molecule is O=C(NC1CCCC1)OC1CCNCC1. The molecule has 1 heterocycles. The molecule has 2 aliphatic rings. The van der Waals surface area contributed by atoms with E-state index in [0.29, 0.717) is 6.04 Å². The molecule has 0 unspecified atom stereocenters. The first-order chi connectivity index (χ1) is 7.34. The van der Waals surface area contributed by atoms with Crippen molar-refractivity contribution in [3.05, 3.63) is 0 Å². The van der Waals surface area contributed by atoms with Crippen LogP contribution in [0.2, 0.25) is 0 Å². The number of carbonyl (C=O) groups is 1. The fourth-order valence-electron chi connectivity index (χ4n) is 2.34. The molecule has 0 bridgehead atoms. The number of carbonyl (C=O) groups excluding carboxylic acids is 1. The van der Waals surface area contributed by atoms with Crippen molar-refractivity contribution in [3.63, 3.8) is 0 Å². The van der Waals surface area contributed by atoms with E-state index in [2.05, 4.69) is 10.6 Å². The van der Waals surface area contributed by atoms with E-state index in [9.17, 15) is 4.79 Å². The molecule has 0 aromatic heterocycles. The highest BCUT2D eigenvalue weighted by molar-refractivity contribution is 5.67. The molecule has 1 aliphatic carbocycles. The highest BCUT2D eigenvalue weighted by Gasteiger charge is 2.21. The number of hydrogen-bond donors (Lipinski definition) is 2. The fourth-order valence-corrected chi connectivity index (χ4v) is 2.34. The lowest BCUT2D eigenvalue weighted by Crippen LogP contribution is -2.39. The third-order valence-corrected chi connectivity index (χ3v) is 3.24. The third kappa shape index (κ3) is 3.38. The van der Waals surface area contributed by atoms with Crippen molar-refractivity contribution in [3.8, 4) is 0 Å². The summed E-state index contributed by atoms with van der Waals surface area (Å²) in [5.41, 5.74) is 0. The lowest BCUT2D eigenvalue weighted by atomic mass is 10.1. The lowest BCUT2D eigenvalue weighted by molar-refractivity contribution is 0.0770. The number of alkyl carbamates (subject to hydrolysis) is 1. The Morgan fingerprint density at radius 3 is 2.47 bits per heavy atom. The number of ether oxygens (including phenoxy) is 1. The molecule has 2 fully saturated rings. The van der Waals surface area contributed by atoms with Crippen LogP contribution >= 0.6 is 0 Å². The van der Waals surface area contributed by atoms with Crippen LogP contribution in [0.25, 0.3) is 0 Å². The van der Waals surface area contributed by atoms with E-state index in [4.69, 9.17) is 4.74 Å². The first kappa shape index (κ1) is 10.7. The number of hydrogen-bond acceptors (Lipinski definition) is 3. The van der Waals surface area contributed by atoms with Crippen LogP contribution in [-0.4, -0.2) is 31.3 Å². The molecule has 4 nitrogen and oxygen atoms in total. The van der Waals surface area contributed by atoms with E-state index >= 15 is 0 Å². The minimum atomic E-state index is -0.214. The van der Waals surface area contributed by atoms with Gasteiger partial charge in [-0.15, -0.1) is 0 Å². The molecule has 1 amide bonds. The quantitative estimate of drug-likeness (QED) is 0.727. The number of rotatable bonds is 2. The van der Waals surface area contributed by atoms with Gasteiger partial charge in [-0.1, -0.05) is 12.8 Å². The fraction of sp³-hybridized carbons (Fsp3) is 0.909. The zero-order chi connectivity index (χ0) is 10.5. The average molecular weight is 212 g/mol. The number of piperidine rings is 1. The zero-order valence-electron chi connectivity index (χ0n) is 9.13. The summed E-state index contributed by atoms with van der Waals surface area (Å²) in [6.45, 7) is 1.92. The van der Waals surface area contributed by atoms with E-state index in [1.54, 1.807) is 0 Å². The van der Waals surface area contributed by atoms with Crippen LogP contribution in [0, 0.1) is 0 Å². The summed E-state index contributed by atoms with van der Waals surface area (Å²) in [5, 5.41) is 6.19. The lowest BCUT2D eigenvalue weighted by Gasteiger charge is -2.23. The van der Waals surface area contributed by atoms with Gasteiger partial charge < -0.3 is 15.4 Å². The monoisotopic (exact) mass is 212 g/mol. The Morgan fingerprint density at radius 1 is 1.13 bits per heavy atom. The Hall–Kier alpha value is -0.770. The van der Waals surface area contributed by atoms with Crippen molar-refractivity contribution in [2.24, 2.45) is 0 Å². The van der Waals surface area contributed by atoms with Crippen molar-refractivity contribution in [1.82, 2.24) is 10.6 Å². The smallest absolute Gasteiger partial charge is 0.407 e. The Bertz CT molecular complexity index is 209. The Kier molecular flexibility index (Phi) is 3.83.